The summed E-state index contributed by atoms with van der Waals surface area (Å²) in [4.78, 5) is 8.59. The van der Waals surface area contributed by atoms with Gasteiger partial charge in [0, 0.05) is 60.8 Å². The highest BCUT2D eigenvalue weighted by molar-refractivity contribution is 6.34. The average molecular weight is 443 g/mol. The molecule has 0 unspecified atom stereocenters. The molecule has 2 aromatic carbocycles. The zero-order valence-electron chi connectivity index (χ0n) is 16.1. The van der Waals surface area contributed by atoms with E-state index in [0.717, 1.165) is 26.2 Å². The van der Waals surface area contributed by atoms with Crippen molar-refractivity contribution in [2.45, 2.75) is 0 Å². The number of anilines is 1. The van der Waals surface area contributed by atoms with Gasteiger partial charge in [-0.1, -0.05) is 46.6 Å². The Morgan fingerprint density at radius 1 is 0.967 bits per heavy atom. The van der Waals surface area contributed by atoms with E-state index in [-0.39, 0.29) is 0 Å². The summed E-state index contributed by atoms with van der Waals surface area (Å²) in [6.45, 7) is 3.12. The summed E-state index contributed by atoms with van der Waals surface area (Å²) in [5.74, 6) is 1.22. The van der Waals surface area contributed by atoms with Gasteiger partial charge in [0.2, 0.25) is 5.88 Å². The van der Waals surface area contributed by atoms with Gasteiger partial charge in [0.25, 0.3) is 0 Å². The summed E-state index contributed by atoms with van der Waals surface area (Å²) in [5, 5.41) is 14.2. The number of nitrogens with zero attached hydrogens (tertiary/aromatic N) is 4. The van der Waals surface area contributed by atoms with Crippen LogP contribution in [0.25, 0.3) is 0 Å². The van der Waals surface area contributed by atoms with Crippen LogP contribution in [0.1, 0.15) is 5.56 Å². The molecule has 0 spiro atoms. The van der Waals surface area contributed by atoms with Crippen LogP contribution in [0.2, 0.25) is 10.0 Å². The molecule has 1 N–H and O–H groups in total. The smallest absolute Gasteiger partial charge is 0.219 e. The number of para-hydroxylation sites is 1. The number of amidine groups is 1. The van der Waals surface area contributed by atoms with Gasteiger partial charge in [0.1, 0.15) is 5.75 Å². The molecule has 30 heavy (non-hydrogen) atoms. The fourth-order valence-corrected chi connectivity index (χ4v) is 3.71. The van der Waals surface area contributed by atoms with Crippen LogP contribution in [0.15, 0.2) is 72.0 Å². The highest BCUT2D eigenvalue weighted by Crippen LogP contribution is 2.31. The van der Waals surface area contributed by atoms with Crippen molar-refractivity contribution in [3.05, 3.63) is 82.5 Å². The van der Waals surface area contributed by atoms with Crippen molar-refractivity contribution in [3.63, 3.8) is 0 Å². The summed E-state index contributed by atoms with van der Waals surface area (Å²) in [7, 11) is 0. The number of aromatic nitrogens is 1. The molecule has 0 bridgehead atoms. The number of pyridine rings is 1. The zero-order chi connectivity index (χ0) is 20.9. The van der Waals surface area contributed by atoms with Crippen molar-refractivity contribution in [1.29, 1.82) is 0 Å². The number of hydrogen-bond donors (Lipinski definition) is 1. The maximum Gasteiger partial charge on any atom is 0.219 e. The Hall–Kier alpha value is -2.96. The highest BCUT2D eigenvalue weighted by Gasteiger charge is 2.22. The Kier molecular flexibility index (Phi) is 6.26. The minimum absolute atomic E-state index is 0.334. The molecule has 0 saturated carbocycles. The van der Waals surface area contributed by atoms with E-state index < -0.39 is 0 Å². The zero-order valence-corrected chi connectivity index (χ0v) is 17.6. The summed E-state index contributed by atoms with van der Waals surface area (Å²) in [6, 6.07) is 18.8. The Balaban J connectivity index is 1.48. The molecule has 0 aliphatic carbocycles. The first kappa shape index (κ1) is 20.3. The molecule has 1 fully saturated rings. The number of ether oxygens (including phenoxy) is 1. The molecule has 1 saturated heterocycles. The van der Waals surface area contributed by atoms with Gasteiger partial charge in [-0.05, 0) is 30.3 Å². The van der Waals surface area contributed by atoms with Crippen LogP contribution >= 0.6 is 23.2 Å². The molecule has 2 heterocycles. The number of hydrogen-bond acceptors (Lipinski definition) is 5. The van der Waals surface area contributed by atoms with Gasteiger partial charge >= 0.3 is 0 Å². The molecular weight excluding hydrogens is 423 g/mol. The van der Waals surface area contributed by atoms with E-state index in [4.69, 9.17) is 27.9 Å². The minimum Gasteiger partial charge on any atom is -0.437 e. The van der Waals surface area contributed by atoms with Gasteiger partial charge in [-0.25, -0.2) is 4.98 Å². The summed E-state index contributed by atoms with van der Waals surface area (Å²) < 4.78 is 5.80. The predicted molar refractivity (Wildman–Crippen MR) is 119 cm³/mol. The van der Waals surface area contributed by atoms with Gasteiger partial charge in [-0.2, -0.15) is 0 Å². The Bertz CT molecular complexity index is 1040. The van der Waals surface area contributed by atoms with Gasteiger partial charge in [-0.15, -0.1) is 0 Å². The van der Waals surface area contributed by atoms with Crippen molar-refractivity contribution in [2.24, 2.45) is 5.16 Å². The SMILES string of the molecule is O/N=C(/c1ccnc(Oc2cc(Cl)ccc2Cl)c1)N1CCN(c2ccccc2)CC1. The van der Waals surface area contributed by atoms with Gasteiger partial charge in [0.05, 0.1) is 5.02 Å². The first-order chi connectivity index (χ1) is 14.6. The number of piperazine rings is 1. The third kappa shape index (κ3) is 4.61. The summed E-state index contributed by atoms with van der Waals surface area (Å²) >= 11 is 12.2. The van der Waals surface area contributed by atoms with Crippen LogP contribution < -0.4 is 9.64 Å². The summed E-state index contributed by atoms with van der Waals surface area (Å²) in [5.41, 5.74) is 1.89. The third-order valence-electron chi connectivity index (χ3n) is 4.90. The van der Waals surface area contributed by atoms with Crippen LogP contribution in [0, 0.1) is 0 Å². The van der Waals surface area contributed by atoms with E-state index in [1.54, 1.807) is 36.5 Å². The van der Waals surface area contributed by atoms with Crippen LogP contribution in [0.4, 0.5) is 5.69 Å². The van der Waals surface area contributed by atoms with E-state index in [1.807, 2.05) is 23.1 Å². The van der Waals surface area contributed by atoms with Crippen molar-refractivity contribution in [2.75, 3.05) is 31.1 Å². The van der Waals surface area contributed by atoms with Gasteiger partial charge in [0.15, 0.2) is 5.84 Å². The van der Waals surface area contributed by atoms with Crippen LogP contribution in [0.3, 0.4) is 0 Å². The monoisotopic (exact) mass is 442 g/mol. The molecule has 0 amide bonds. The molecule has 1 aromatic heterocycles. The van der Waals surface area contributed by atoms with Crippen LogP contribution in [-0.2, 0) is 0 Å². The average Bonchev–Trinajstić information content (AvgIpc) is 2.78. The first-order valence-electron chi connectivity index (χ1n) is 9.50. The second-order valence-electron chi connectivity index (χ2n) is 6.79. The van der Waals surface area contributed by atoms with Gasteiger partial charge < -0.3 is 19.7 Å². The minimum atomic E-state index is 0.334. The highest BCUT2D eigenvalue weighted by atomic mass is 35.5. The van der Waals surface area contributed by atoms with Crippen LogP contribution in [0.5, 0.6) is 11.6 Å². The molecule has 8 heteroatoms. The molecule has 6 nitrogen and oxygen atoms in total. The number of halogens is 2. The molecular formula is C22H20Cl2N4O2. The second kappa shape index (κ2) is 9.24. The largest absolute Gasteiger partial charge is 0.437 e. The molecule has 1 aliphatic rings. The first-order valence-corrected chi connectivity index (χ1v) is 10.3. The van der Waals surface area contributed by atoms with E-state index in [2.05, 4.69) is 27.2 Å². The lowest BCUT2D eigenvalue weighted by Gasteiger charge is -2.37. The molecule has 154 valence electrons. The molecule has 3 aromatic rings. The lowest BCUT2D eigenvalue weighted by Crippen LogP contribution is -2.49. The van der Waals surface area contributed by atoms with Crippen molar-refractivity contribution >= 4 is 34.7 Å². The van der Waals surface area contributed by atoms with Crippen LogP contribution in [-0.4, -0.2) is 47.1 Å². The Labute approximate surface area is 184 Å². The number of rotatable bonds is 4. The lowest BCUT2D eigenvalue weighted by molar-refractivity contribution is 0.296. The fourth-order valence-electron chi connectivity index (χ4n) is 3.39. The second-order valence-corrected chi connectivity index (χ2v) is 7.64. The molecule has 0 atom stereocenters. The van der Waals surface area contributed by atoms with E-state index in [0.29, 0.717) is 33.1 Å². The van der Waals surface area contributed by atoms with E-state index >= 15 is 0 Å². The fraction of sp³-hybridized carbons (Fsp3) is 0.182. The normalized spacial score (nSPS) is 14.7. The summed E-state index contributed by atoms with van der Waals surface area (Å²) in [6.07, 6.45) is 1.61. The van der Waals surface area contributed by atoms with Crippen molar-refractivity contribution in [1.82, 2.24) is 9.88 Å². The maximum absolute atomic E-state index is 9.71. The number of oxime groups is 1. The van der Waals surface area contributed by atoms with E-state index in [1.165, 1.54) is 5.69 Å². The molecule has 4 rings (SSSR count). The van der Waals surface area contributed by atoms with Crippen molar-refractivity contribution in [3.8, 4) is 11.6 Å². The molecule has 0 radical (unpaired) electrons. The lowest BCUT2D eigenvalue weighted by atomic mass is 10.2. The standard InChI is InChI=1S/C22H20Cl2N4O2/c23-17-6-7-19(24)20(15-17)30-21-14-16(8-9-25-21)22(26-29)28-12-10-27(11-13-28)18-4-2-1-3-5-18/h1-9,14-15,29H,10-13H2/b26-22-. The van der Waals surface area contributed by atoms with E-state index in [9.17, 15) is 5.21 Å². The maximum atomic E-state index is 9.71. The van der Waals surface area contributed by atoms with Gasteiger partial charge in [-0.3, -0.25) is 0 Å². The number of benzene rings is 2. The Morgan fingerprint density at radius 3 is 2.47 bits per heavy atom. The van der Waals surface area contributed by atoms with Crippen molar-refractivity contribution < 1.29 is 9.94 Å². The quantitative estimate of drug-likeness (QED) is 0.262. The Morgan fingerprint density at radius 2 is 1.73 bits per heavy atom. The third-order valence-corrected chi connectivity index (χ3v) is 5.44. The topological polar surface area (TPSA) is 61.2 Å². The molecule has 1 aliphatic heterocycles. The predicted octanol–water partition coefficient (Wildman–Crippen LogP) is 5.14.